The average molecular weight is 408 g/mol. The van der Waals surface area contributed by atoms with Crippen LogP contribution < -0.4 is 10.1 Å². The SMILES string of the molecule is CN1CCC(CCN2CCCC2c2ccc(OC(=O)Nc3ccccc3)cc2)CC1. The van der Waals surface area contributed by atoms with Gasteiger partial charge in [0.15, 0.2) is 0 Å². The molecule has 2 aromatic carbocycles. The number of para-hydroxylation sites is 1. The van der Waals surface area contributed by atoms with Crippen LogP contribution in [0.2, 0.25) is 0 Å². The van der Waals surface area contributed by atoms with E-state index >= 15 is 0 Å². The van der Waals surface area contributed by atoms with Crippen molar-refractivity contribution < 1.29 is 9.53 Å². The number of amides is 1. The molecule has 1 atom stereocenters. The summed E-state index contributed by atoms with van der Waals surface area (Å²) in [7, 11) is 2.23. The largest absolute Gasteiger partial charge is 0.417 e. The van der Waals surface area contributed by atoms with Crippen LogP contribution in [0.4, 0.5) is 10.5 Å². The van der Waals surface area contributed by atoms with Crippen LogP contribution >= 0.6 is 0 Å². The summed E-state index contributed by atoms with van der Waals surface area (Å²) < 4.78 is 5.43. The number of hydrogen-bond donors (Lipinski definition) is 1. The molecule has 160 valence electrons. The molecule has 0 aliphatic carbocycles. The van der Waals surface area contributed by atoms with Gasteiger partial charge in [0.2, 0.25) is 0 Å². The van der Waals surface area contributed by atoms with Crippen molar-refractivity contribution in [2.75, 3.05) is 38.5 Å². The van der Waals surface area contributed by atoms with E-state index in [4.69, 9.17) is 4.74 Å². The molecule has 2 heterocycles. The first kappa shape index (κ1) is 20.9. The standard InChI is InChI=1S/C25H33N3O2/c1-27-17-13-20(14-18-27)15-19-28-16-5-8-24(28)21-9-11-23(12-10-21)30-25(29)26-22-6-3-2-4-7-22/h2-4,6-7,9-12,20,24H,5,8,13-19H2,1H3,(H,26,29). The van der Waals surface area contributed by atoms with Crippen LogP contribution in [0.5, 0.6) is 5.75 Å². The van der Waals surface area contributed by atoms with Gasteiger partial charge in [-0.3, -0.25) is 10.2 Å². The summed E-state index contributed by atoms with van der Waals surface area (Å²) in [4.78, 5) is 17.2. The third kappa shape index (κ3) is 5.61. The quantitative estimate of drug-likeness (QED) is 0.718. The summed E-state index contributed by atoms with van der Waals surface area (Å²) in [6, 6.07) is 17.9. The zero-order chi connectivity index (χ0) is 20.8. The van der Waals surface area contributed by atoms with Crippen LogP contribution in [-0.2, 0) is 0 Å². The maximum atomic E-state index is 12.1. The number of hydrogen-bond acceptors (Lipinski definition) is 4. The molecule has 30 heavy (non-hydrogen) atoms. The van der Waals surface area contributed by atoms with Crippen molar-refractivity contribution >= 4 is 11.8 Å². The van der Waals surface area contributed by atoms with Crippen molar-refractivity contribution in [1.29, 1.82) is 0 Å². The second-order valence-corrected chi connectivity index (χ2v) is 8.68. The van der Waals surface area contributed by atoms with Gasteiger partial charge in [-0.05, 0) is 101 Å². The van der Waals surface area contributed by atoms with Crippen molar-refractivity contribution in [3.8, 4) is 5.75 Å². The van der Waals surface area contributed by atoms with Gasteiger partial charge < -0.3 is 9.64 Å². The Morgan fingerprint density at radius 3 is 2.47 bits per heavy atom. The Morgan fingerprint density at radius 1 is 1.00 bits per heavy atom. The first-order chi connectivity index (χ1) is 14.7. The molecule has 0 bridgehead atoms. The van der Waals surface area contributed by atoms with Gasteiger partial charge in [-0.25, -0.2) is 4.79 Å². The van der Waals surface area contributed by atoms with E-state index in [9.17, 15) is 4.79 Å². The lowest BCUT2D eigenvalue weighted by atomic mass is 9.93. The number of piperidine rings is 1. The van der Waals surface area contributed by atoms with Crippen LogP contribution in [0, 0.1) is 5.92 Å². The van der Waals surface area contributed by atoms with Gasteiger partial charge >= 0.3 is 6.09 Å². The topological polar surface area (TPSA) is 44.8 Å². The fourth-order valence-electron chi connectivity index (χ4n) is 4.70. The normalized spacial score (nSPS) is 20.9. The summed E-state index contributed by atoms with van der Waals surface area (Å²) in [5, 5.41) is 2.75. The highest BCUT2D eigenvalue weighted by Gasteiger charge is 2.27. The van der Waals surface area contributed by atoms with E-state index in [-0.39, 0.29) is 0 Å². The Kier molecular flexibility index (Phi) is 7.03. The lowest BCUT2D eigenvalue weighted by Gasteiger charge is -2.31. The van der Waals surface area contributed by atoms with Gasteiger partial charge in [-0.15, -0.1) is 0 Å². The van der Waals surface area contributed by atoms with Crippen LogP contribution in [-0.4, -0.2) is 49.1 Å². The highest BCUT2D eigenvalue weighted by Crippen LogP contribution is 2.34. The molecule has 2 saturated heterocycles. The summed E-state index contributed by atoms with van der Waals surface area (Å²) in [5.74, 6) is 1.45. The molecule has 2 aromatic rings. The molecular weight excluding hydrogens is 374 g/mol. The number of nitrogens with zero attached hydrogens (tertiary/aromatic N) is 2. The Balaban J connectivity index is 1.28. The average Bonchev–Trinajstić information content (AvgIpc) is 3.23. The third-order valence-corrected chi connectivity index (χ3v) is 6.52. The maximum Gasteiger partial charge on any atom is 0.417 e. The molecule has 2 aliphatic heterocycles. The predicted molar refractivity (Wildman–Crippen MR) is 121 cm³/mol. The van der Waals surface area contributed by atoms with Gasteiger partial charge in [0.05, 0.1) is 0 Å². The number of carbonyl (C=O) groups is 1. The highest BCUT2D eigenvalue weighted by molar-refractivity contribution is 5.86. The lowest BCUT2D eigenvalue weighted by Crippen LogP contribution is -2.32. The van der Waals surface area contributed by atoms with Crippen LogP contribution in [0.1, 0.15) is 43.7 Å². The molecule has 0 aromatic heterocycles. The molecule has 5 heteroatoms. The summed E-state index contributed by atoms with van der Waals surface area (Å²) >= 11 is 0. The molecular formula is C25H33N3O2. The second kappa shape index (κ2) is 10.1. The Hall–Kier alpha value is -2.37. The number of anilines is 1. The Labute approximate surface area is 180 Å². The van der Waals surface area contributed by atoms with Gasteiger partial charge in [0, 0.05) is 11.7 Å². The summed E-state index contributed by atoms with van der Waals surface area (Å²) in [5.41, 5.74) is 2.05. The lowest BCUT2D eigenvalue weighted by molar-refractivity contribution is 0.180. The van der Waals surface area contributed by atoms with E-state index in [1.807, 2.05) is 42.5 Å². The maximum absolute atomic E-state index is 12.1. The van der Waals surface area contributed by atoms with Crippen molar-refractivity contribution in [3.05, 3.63) is 60.2 Å². The van der Waals surface area contributed by atoms with E-state index in [0.717, 1.165) is 11.6 Å². The molecule has 0 radical (unpaired) electrons. The second-order valence-electron chi connectivity index (χ2n) is 8.68. The number of nitrogens with one attached hydrogen (secondary N) is 1. The van der Waals surface area contributed by atoms with E-state index in [2.05, 4.69) is 34.3 Å². The molecule has 5 nitrogen and oxygen atoms in total. The molecule has 1 unspecified atom stereocenters. The van der Waals surface area contributed by atoms with Crippen molar-refractivity contribution in [2.45, 2.75) is 38.1 Å². The van der Waals surface area contributed by atoms with Gasteiger partial charge in [-0.1, -0.05) is 30.3 Å². The number of carbonyl (C=O) groups excluding carboxylic acids is 1. The molecule has 2 aliphatic rings. The van der Waals surface area contributed by atoms with Gasteiger partial charge in [0.25, 0.3) is 0 Å². The molecule has 4 rings (SSSR count). The van der Waals surface area contributed by atoms with Crippen LogP contribution in [0.15, 0.2) is 54.6 Å². The van der Waals surface area contributed by atoms with Crippen LogP contribution in [0.3, 0.4) is 0 Å². The van der Waals surface area contributed by atoms with E-state index in [1.54, 1.807) is 0 Å². The van der Waals surface area contributed by atoms with Gasteiger partial charge in [-0.2, -0.15) is 0 Å². The summed E-state index contributed by atoms with van der Waals surface area (Å²) in [6.45, 7) is 4.87. The molecule has 1 amide bonds. The minimum Gasteiger partial charge on any atom is -0.410 e. The Bertz CT molecular complexity index is 801. The predicted octanol–water partition coefficient (Wildman–Crippen LogP) is 5.17. The smallest absolute Gasteiger partial charge is 0.410 e. The van der Waals surface area contributed by atoms with Crippen molar-refractivity contribution in [3.63, 3.8) is 0 Å². The fraction of sp³-hybridized carbons (Fsp3) is 0.480. The zero-order valence-corrected chi connectivity index (χ0v) is 17.9. The fourth-order valence-corrected chi connectivity index (χ4v) is 4.70. The molecule has 0 saturated carbocycles. The van der Waals surface area contributed by atoms with Crippen molar-refractivity contribution in [2.24, 2.45) is 5.92 Å². The monoisotopic (exact) mass is 407 g/mol. The van der Waals surface area contributed by atoms with E-state index in [0.29, 0.717) is 11.8 Å². The Morgan fingerprint density at radius 2 is 1.73 bits per heavy atom. The molecule has 0 spiro atoms. The zero-order valence-electron chi connectivity index (χ0n) is 17.9. The van der Waals surface area contributed by atoms with Crippen molar-refractivity contribution in [1.82, 2.24) is 9.80 Å². The first-order valence-corrected chi connectivity index (χ1v) is 11.2. The first-order valence-electron chi connectivity index (χ1n) is 11.2. The number of ether oxygens (including phenoxy) is 1. The third-order valence-electron chi connectivity index (χ3n) is 6.52. The van der Waals surface area contributed by atoms with Crippen LogP contribution in [0.25, 0.3) is 0 Å². The number of benzene rings is 2. The summed E-state index contributed by atoms with van der Waals surface area (Å²) in [6.07, 6.45) is 6.00. The molecule has 2 fully saturated rings. The minimum atomic E-state index is -0.463. The molecule has 1 N–H and O–H groups in total. The highest BCUT2D eigenvalue weighted by atomic mass is 16.6. The van der Waals surface area contributed by atoms with E-state index < -0.39 is 6.09 Å². The minimum absolute atomic E-state index is 0.463. The number of likely N-dealkylation sites (tertiary alicyclic amines) is 2. The van der Waals surface area contributed by atoms with E-state index in [1.165, 1.54) is 63.8 Å². The number of rotatable bonds is 6. The van der Waals surface area contributed by atoms with Gasteiger partial charge in [0.1, 0.15) is 5.75 Å².